The van der Waals surface area contributed by atoms with Gasteiger partial charge in [0.1, 0.15) is 17.5 Å². The maximum Gasteiger partial charge on any atom is 0.126 e. The van der Waals surface area contributed by atoms with Crippen molar-refractivity contribution in [3.63, 3.8) is 0 Å². The van der Waals surface area contributed by atoms with Crippen molar-refractivity contribution in [2.45, 2.75) is 38.3 Å². The Morgan fingerprint density at radius 3 is 2.66 bits per heavy atom. The molecule has 2 heterocycles. The van der Waals surface area contributed by atoms with Crippen molar-refractivity contribution in [1.29, 1.82) is 0 Å². The Morgan fingerprint density at radius 1 is 1.06 bits per heavy atom. The third-order valence-corrected chi connectivity index (χ3v) is 6.15. The number of halogens is 2. The van der Waals surface area contributed by atoms with Crippen LogP contribution in [0.5, 0.6) is 0 Å². The van der Waals surface area contributed by atoms with Gasteiger partial charge in [0.2, 0.25) is 0 Å². The normalized spacial score (nSPS) is 18.3. The highest BCUT2D eigenvalue weighted by atomic mass is 35.5. The number of anilines is 2. The maximum absolute atomic E-state index is 13.4. The highest BCUT2D eigenvalue weighted by molar-refractivity contribution is 6.33. The molecule has 1 aliphatic rings. The molecule has 5 nitrogen and oxygen atoms in total. The minimum atomic E-state index is -0.248. The molecule has 1 saturated carbocycles. The first-order valence-corrected chi connectivity index (χ1v) is 11.4. The minimum Gasteiger partial charge on any atom is -0.384 e. The van der Waals surface area contributed by atoms with E-state index in [9.17, 15) is 4.39 Å². The summed E-state index contributed by atoms with van der Waals surface area (Å²) in [4.78, 5) is 9.17. The van der Waals surface area contributed by atoms with Crippen LogP contribution in [-0.4, -0.2) is 29.7 Å². The first-order valence-electron chi connectivity index (χ1n) is 11.0. The molecular formula is C25H28ClFN4O. The van der Waals surface area contributed by atoms with Crippen LogP contribution >= 0.6 is 11.6 Å². The summed E-state index contributed by atoms with van der Waals surface area (Å²) in [5, 5.41) is 7.36. The van der Waals surface area contributed by atoms with E-state index in [2.05, 4.69) is 15.6 Å². The van der Waals surface area contributed by atoms with E-state index < -0.39 is 0 Å². The number of methoxy groups -OCH3 is 1. The number of pyridine rings is 2. The molecule has 0 spiro atoms. The average molecular weight is 455 g/mol. The van der Waals surface area contributed by atoms with Crippen molar-refractivity contribution < 1.29 is 9.13 Å². The topological polar surface area (TPSA) is 59.1 Å². The number of benzene rings is 1. The lowest BCUT2D eigenvalue weighted by molar-refractivity contribution is 0.129. The third-order valence-electron chi connectivity index (χ3n) is 5.84. The van der Waals surface area contributed by atoms with Gasteiger partial charge < -0.3 is 15.4 Å². The van der Waals surface area contributed by atoms with Gasteiger partial charge in [0.05, 0.1) is 10.7 Å². The van der Waals surface area contributed by atoms with Crippen LogP contribution in [0.4, 0.5) is 16.0 Å². The van der Waals surface area contributed by atoms with Crippen LogP contribution < -0.4 is 10.6 Å². The smallest absolute Gasteiger partial charge is 0.126 e. The van der Waals surface area contributed by atoms with Gasteiger partial charge in [-0.1, -0.05) is 29.8 Å². The molecule has 1 fully saturated rings. The fourth-order valence-electron chi connectivity index (χ4n) is 4.15. The Labute approximate surface area is 193 Å². The molecule has 32 heavy (non-hydrogen) atoms. The summed E-state index contributed by atoms with van der Waals surface area (Å²) in [5.41, 5.74) is 2.44. The molecule has 4 rings (SSSR count). The van der Waals surface area contributed by atoms with Gasteiger partial charge in [-0.05, 0) is 67.5 Å². The quantitative estimate of drug-likeness (QED) is 0.426. The van der Waals surface area contributed by atoms with Crippen LogP contribution in [0, 0.1) is 11.7 Å². The Bertz CT molecular complexity index is 1040. The molecule has 2 aromatic heterocycles. The van der Waals surface area contributed by atoms with Crippen molar-refractivity contribution >= 4 is 23.2 Å². The van der Waals surface area contributed by atoms with Gasteiger partial charge in [-0.25, -0.2) is 14.4 Å². The Morgan fingerprint density at radius 2 is 1.88 bits per heavy atom. The lowest BCUT2D eigenvalue weighted by atomic mass is 9.86. The minimum absolute atomic E-state index is 0.248. The molecule has 0 amide bonds. The van der Waals surface area contributed by atoms with Crippen LogP contribution in [0.3, 0.4) is 0 Å². The highest BCUT2D eigenvalue weighted by Gasteiger charge is 2.21. The van der Waals surface area contributed by atoms with Crippen molar-refractivity contribution in [2.24, 2.45) is 5.92 Å². The van der Waals surface area contributed by atoms with Gasteiger partial charge >= 0.3 is 0 Å². The van der Waals surface area contributed by atoms with Crippen molar-refractivity contribution in [1.82, 2.24) is 9.97 Å². The maximum atomic E-state index is 13.4. The zero-order valence-corrected chi connectivity index (χ0v) is 18.9. The Kier molecular flexibility index (Phi) is 7.55. The van der Waals surface area contributed by atoms with E-state index in [-0.39, 0.29) is 5.82 Å². The first-order chi connectivity index (χ1) is 15.6. The Hall–Kier alpha value is -2.70. The van der Waals surface area contributed by atoms with Crippen LogP contribution in [0.15, 0.2) is 54.7 Å². The summed E-state index contributed by atoms with van der Waals surface area (Å²) >= 11 is 6.46. The molecule has 2 N–H and O–H groups in total. The van der Waals surface area contributed by atoms with E-state index in [1.54, 1.807) is 19.4 Å². The molecule has 0 aliphatic heterocycles. The third kappa shape index (κ3) is 5.96. The largest absolute Gasteiger partial charge is 0.384 e. The zero-order valence-electron chi connectivity index (χ0n) is 18.2. The van der Waals surface area contributed by atoms with Crippen LogP contribution in [0.1, 0.15) is 31.2 Å². The number of ether oxygens (including phenoxy) is 1. The molecule has 1 aromatic carbocycles. The van der Waals surface area contributed by atoms with Crippen molar-refractivity contribution in [3.8, 4) is 11.3 Å². The second kappa shape index (κ2) is 10.7. The summed E-state index contributed by atoms with van der Waals surface area (Å²) in [7, 11) is 1.77. The Balaban J connectivity index is 1.43. The lowest BCUT2D eigenvalue weighted by Crippen LogP contribution is -2.28. The predicted molar refractivity (Wildman–Crippen MR) is 127 cm³/mol. The van der Waals surface area contributed by atoms with Crippen molar-refractivity contribution in [2.75, 3.05) is 24.4 Å². The summed E-state index contributed by atoms with van der Waals surface area (Å²) in [6.45, 7) is 1.32. The van der Waals surface area contributed by atoms with Gasteiger partial charge in [-0.15, -0.1) is 0 Å². The molecule has 7 heteroatoms. The number of rotatable bonds is 8. The van der Waals surface area contributed by atoms with E-state index in [1.807, 2.05) is 30.3 Å². The first kappa shape index (κ1) is 22.5. The SMILES string of the molecule is COC[C@H]1CC[C@H](Nc2cc(-c3cccc(NCc4cccc(F)c4)n3)c(Cl)cn2)CC1. The van der Waals surface area contributed by atoms with E-state index >= 15 is 0 Å². The molecule has 0 saturated heterocycles. The lowest BCUT2D eigenvalue weighted by Gasteiger charge is -2.29. The van der Waals surface area contributed by atoms with E-state index in [4.69, 9.17) is 21.3 Å². The molecule has 168 valence electrons. The van der Waals surface area contributed by atoms with Gasteiger partial charge in [0.15, 0.2) is 0 Å². The molecular weight excluding hydrogens is 427 g/mol. The molecule has 1 aliphatic carbocycles. The van der Waals surface area contributed by atoms with Gasteiger partial charge in [-0.2, -0.15) is 0 Å². The number of nitrogens with zero attached hydrogens (tertiary/aromatic N) is 2. The number of hydrogen-bond donors (Lipinski definition) is 2. The van der Waals surface area contributed by atoms with Gasteiger partial charge in [0, 0.05) is 38.1 Å². The fourth-order valence-corrected chi connectivity index (χ4v) is 4.36. The second-order valence-corrected chi connectivity index (χ2v) is 8.67. The monoisotopic (exact) mass is 454 g/mol. The van der Waals surface area contributed by atoms with E-state index in [1.165, 1.54) is 12.1 Å². The molecule has 0 unspecified atom stereocenters. The molecule has 0 radical (unpaired) electrons. The number of hydrogen-bond acceptors (Lipinski definition) is 5. The van der Waals surface area contributed by atoms with Crippen LogP contribution in [0.25, 0.3) is 11.3 Å². The highest BCUT2D eigenvalue weighted by Crippen LogP contribution is 2.31. The standard InChI is InChI=1S/C25H28ClFN4O/c1-32-16-17-8-10-20(11-9-17)30-25-13-21(22(26)15-29-25)23-6-3-7-24(31-23)28-14-18-4-2-5-19(27)12-18/h2-7,12-13,15,17,20H,8-11,14,16H2,1H3,(H,28,31)(H,29,30)/t17-,20-. The zero-order chi connectivity index (χ0) is 22.3. The average Bonchev–Trinajstić information content (AvgIpc) is 2.81. The van der Waals surface area contributed by atoms with Gasteiger partial charge in [-0.3, -0.25) is 0 Å². The fraction of sp³-hybridized carbons (Fsp3) is 0.360. The number of nitrogens with one attached hydrogen (secondary N) is 2. The van der Waals surface area contributed by atoms with Gasteiger partial charge in [0.25, 0.3) is 0 Å². The summed E-state index contributed by atoms with van der Waals surface area (Å²) in [6, 6.07) is 14.6. The predicted octanol–water partition coefficient (Wildman–Crippen LogP) is 6.17. The van der Waals surface area contributed by atoms with Crippen LogP contribution in [-0.2, 0) is 11.3 Å². The van der Waals surface area contributed by atoms with E-state index in [0.717, 1.165) is 54.9 Å². The molecule has 0 bridgehead atoms. The molecule has 0 atom stereocenters. The summed E-state index contributed by atoms with van der Waals surface area (Å²) < 4.78 is 18.7. The molecule has 3 aromatic rings. The number of aromatic nitrogens is 2. The van der Waals surface area contributed by atoms with Crippen molar-refractivity contribution in [3.05, 3.63) is 71.1 Å². The van der Waals surface area contributed by atoms with Crippen LogP contribution in [0.2, 0.25) is 5.02 Å². The summed E-state index contributed by atoms with van der Waals surface area (Å²) in [5.74, 6) is 1.91. The van der Waals surface area contributed by atoms with E-state index in [0.29, 0.717) is 29.3 Å². The summed E-state index contributed by atoms with van der Waals surface area (Å²) in [6.07, 6.45) is 6.19. The second-order valence-electron chi connectivity index (χ2n) is 8.26.